The number of nitrogens with zero attached hydrogens (tertiary/aromatic N) is 1. The molecule has 110 valence electrons. The van der Waals surface area contributed by atoms with Gasteiger partial charge in [0.05, 0.1) is 11.3 Å². The highest BCUT2D eigenvalue weighted by atomic mass is 35.5. The van der Waals surface area contributed by atoms with E-state index in [1.165, 1.54) is 18.2 Å². The number of benzene rings is 2. The average Bonchev–Trinajstić information content (AvgIpc) is 2.48. The minimum absolute atomic E-state index is 0.125. The Hall–Kier alpha value is -2.07. The van der Waals surface area contributed by atoms with Crippen LogP contribution in [0.15, 0.2) is 42.5 Å². The molecule has 1 amide bonds. The number of para-hydroxylation sites is 1. The largest absolute Gasteiger partial charge is 0.396 e. The van der Waals surface area contributed by atoms with Crippen molar-refractivity contribution < 1.29 is 9.18 Å². The number of rotatable bonds is 4. The van der Waals surface area contributed by atoms with Gasteiger partial charge >= 0.3 is 0 Å². The van der Waals surface area contributed by atoms with Crippen molar-refractivity contribution in [3.8, 4) is 0 Å². The van der Waals surface area contributed by atoms with E-state index in [4.69, 9.17) is 17.3 Å². The first kappa shape index (κ1) is 15.3. The highest BCUT2D eigenvalue weighted by Crippen LogP contribution is 2.21. The molecule has 0 saturated heterocycles. The second-order valence-corrected chi connectivity index (χ2v) is 5.02. The Kier molecular flexibility index (Phi) is 4.81. The quantitative estimate of drug-likeness (QED) is 0.875. The van der Waals surface area contributed by atoms with Crippen LogP contribution in [-0.4, -0.2) is 17.4 Å². The highest BCUT2D eigenvalue weighted by Gasteiger charge is 2.19. The zero-order valence-electron chi connectivity index (χ0n) is 11.6. The monoisotopic (exact) mass is 306 g/mol. The molecule has 0 fully saturated rings. The van der Waals surface area contributed by atoms with Crippen molar-refractivity contribution in [1.29, 1.82) is 0 Å². The summed E-state index contributed by atoms with van der Waals surface area (Å²) < 4.78 is 13.5. The zero-order valence-corrected chi connectivity index (χ0v) is 12.4. The maximum absolute atomic E-state index is 13.5. The molecule has 0 aromatic heterocycles. The molecule has 21 heavy (non-hydrogen) atoms. The number of amides is 1. The lowest BCUT2D eigenvalue weighted by molar-refractivity contribution is 0.0753. The lowest BCUT2D eigenvalue weighted by Crippen LogP contribution is -2.31. The van der Waals surface area contributed by atoms with E-state index in [2.05, 4.69) is 0 Å². The third kappa shape index (κ3) is 3.34. The van der Waals surface area contributed by atoms with Gasteiger partial charge in [0, 0.05) is 18.1 Å². The van der Waals surface area contributed by atoms with Gasteiger partial charge in [0.25, 0.3) is 5.91 Å². The fourth-order valence-corrected chi connectivity index (χ4v) is 2.25. The van der Waals surface area contributed by atoms with Gasteiger partial charge in [0.1, 0.15) is 5.82 Å². The number of hydrogen-bond donors (Lipinski definition) is 1. The number of halogens is 2. The molecule has 3 nitrogen and oxygen atoms in total. The second-order valence-electron chi connectivity index (χ2n) is 4.61. The van der Waals surface area contributed by atoms with Gasteiger partial charge in [-0.15, -0.1) is 0 Å². The summed E-state index contributed by atoms with van der Waals surface area (Å²) in [6.45, 7) is 2.68. The lowest BCUT2D eigenvalue weighted by atomic mass is 10.1. The summed E-state index contributed by atoms with van der Waals surface area (Å²) in [5, 5.41) is 0.593. The summed E-state index contributed by atoms with van der Waals surface area (Å²) in [5.74, 6) is -0.899. The summed E-state index contributed by atoms with van der Waals surface area (Å²) >= 11 is 6.11. The van der Waals surface area contributed by atoms with Gasteiger partial charge in [-0.05, 0) is 30.7 Å². The van der Waals surface area contributed by atoms with Crippen molar-refractivity contribution in [3.05, 3.63) is 64.4 Å². The minimum atomic E-state index is -0.588. The molecule has 0 aliphatic heterocycles. The number of carbonyl (C=O) groups is 1. The van der Waals surface area contributed by atoms with Gasteiger partial charge in [-0.25, -0.2) is 4.39 Å². The standard InChI is InChI=1S/C16H16ClFN2O/c1-2-20(10-11-6-3-4-8-13(11)17)16(21)12-7-5-9-14(18)15(12)19/h3-9H,2,10,19H2,1H3. The Morgan fingerprint density at radius 1 is 1.24 bits per heavy atom. The Labute approximate surface area is 128 Å². The second kappa shape index (κ2) is 6.59. The molecule has 0 radical (unpaired) electrons. The van der Waals surface area contributed by atoms with Gasteiger partial charge in [-0.3, -0.25) is 4.79 Å². The molecule has 0 heterocycles. The molecule has 0 aliphatic rings. The van der Waals surface area contributed by atoms with Crippen molar-refractivity contribution >= 4 is 23.2 Å². The van der Waals surface area contributed by atoms with Crippen LogP contribution < -0.4 is 5.73 Å². The van der Waals surface area contributed by atoms with Crippen LogP contribution >= 0.6 is 11.6 Å². The van der Waals surface area contributed by atoms with Crippen LogP contribution in [0.4, 0.5) is 10.1 Å². The maximum Gasteiger partial charge on any atom is 0.256 e. The molecule has 0 bridgehead atoms. The summed E-state index contributed by atoms with van der Waals surface area (Å²) in [6.07, 6.45) is 0. The van der Waals surface area contributed by atoms with Crippen LogP contribution in [0.2, 0.25) is 5.02 Å². The highest BCUT2D eigenvalue weighted by molar-refractivity contribution is 6.31. The predicted octanol–water partition coefficient (Wildman–Crippen LogP) is 3.72. The molecule has 2 rings (SSSR count). The van der Waals surface area contributed by atoms with Crippen LogP contribution in [-0.2, 0) is 6.54 Å². The first-order valence-electron chi connectivity index (χ1n) is 6.61. The molecule has 0 saturated carbocycles. The third-order valence-corrected chi connectivity index (χ3v) is 3.64. The van der Waals surface area contributed by atoms with Crippen LogP contribution in [0.25, 0.3) is 0 Å². The summed E-state index contributed by atoms with van der Waals surface area (Å²) in [4.78, 5) is 14.1. The zero-order chi connectivity index (χ0) is 15.4. The van der Waals surface area contributed by atoms with E-state index in [1.807, 2.05) is 25.1 Å². The third-order valence-electron chi connectivity index (χ3n) is 3.27. The van der Waals surface area contributed by atoms with Gasteiger partial charge < -0.3 is 10.6 Å². The Morgan fingerprint density at radius 3 is 2.62 bits per heavy atom. The number of anilines is 1. The molecule has 5 heteroatoms. The molecule has 2 N–H and O–H groups in total. The molecular weight excluding hydrogens is 291 g/mol. The average molecular weight is 307 g/mol. The SMILES string of the molecule is CCN(Cc1ccccc1Cl)C(=O)c1cccc(F)c1N. The predicted molar refractivity (Wildman–Crippen MR) is 82.7 cm³/mol. The van der Waals surface area contributed by atoms with Crippen molar-refractivity contribution in [1.82, 2.24) is 4.90 Å². The summed E-state index contributed by atoms with van der Waals surface area (Å²) in [6, 6.07) is 11.5. The first-order valence-corrected chi connectivity index (χ1v) is 6.99. The van der Waals surface area contributed by atoms with Crippen LogP contribution in [0.1, 0.15) is 22.8 Å². The van der Waals surface area contributed by atoms with Crippen LogP contribution in [0.5, 0.6) is 0 Å². The van der Waals surface area contributed by atoms with Gasteiger partial charge in [0.15, 0.2) is 0 Å². The fourth-order valence-electron chi connectivity index (χ4n) is 2.05. The number of nitrogens with two attached hydrogens (primary N) is 1. The van der Waals surface area contributed by atoms with Gasteiger partial charge in [0.2, 0.25) is 0 Å². The first-order chi connectivity index (χ1) is 10.0. The van der Waals surface area contributed by atoms with E-state index in [1.54, 1.807) is 11.0 Å². The minimum Gasteiger partial charge on any atom is -0.396 e. The van der Waals surface area contributed by atoms with E-state index in [9.17, 15) is 9.18 Å². The van der Waals surface area contributed by atoms with Crippen molar-refractivity contribution in [3.63, 3.8) is 0 Å². The molecule has 0 unspecified atom stereocenters. The number of nitrogen functional groups attached to an aromatic ring is 1. The number of hydrogen-bond acceptors (Lipinski definition) is 2. The molecule has 0 aliphatic carbocycles. The van der Waals surface area contributed by atoms with Gasteiger partial charge in [-0.2, -0.15) is 0 Å². The van der Waals surface area contributed by atoms with E-state index < -0.39 is 5.82 Å². The van der Waals surface area contributed by atoms with Crippen LogP contribution in [0.3, 0.4) is 0 Å². The van der Waals surface area contributed by atoms with Crippen molar-refractivity contribution in [2.75, 3.05) is 12.3 Å². The van der Waals surface area contributed by atoms with Crippen molar-refractivity contribution in [2.24, 2.45) is 0 Å². The van der Waals surface area contributed by atoms with E-state index >= 15 is 0 Å². The van der Waals surface area contributed by atoms with Crippen molar-refractivity contribution in [2.45, 2.75) is 13.5 Å². The Morgan fingerprint density at radius 2 is 1.95 bits per heavy atom. The summed E-state index contributed by atoms with van der Waals surface area (Å²) in [5.41, 5.74) is 6.53. The molecule has 2 aromatic rings. The van der Waals surface area contributed by atoms with E-state index in [-0.39, 0.29) is 17.2 Å². The van der Waals surface area contributed by atoms with Gasteiger partial charge in [-0.1, -0.05) is 35.9 Å². The molecule has 0 spiro atoms. The van der Waals surface area contributed by atoms with E-state index in [0.29, 0.717) is 18.1 Å². The maximum atomic E-state index is 13.5. The Balaban J connectivity index is 2.27. The lowest BCUT2D eigenvalue weighted by Gasteiger charge is -2.22. The van der Waals surface area contributed by atoms with E-state index in [0.717, 1.165) is 5.56 Å². The topological polar surface area (TPSA) is 46.3 Å². The number of carbonyl (C=O) groups excluding carboxylic acids is 1. The molecule has 2 aromatic carbocycles. The smallest absolute Gasteiger partial charge is 0.256 e. The molecular formula is C16H16ClFN2O. The summed E-state index contributed by atoms with van der Waals surface area (Å²) in [7, 11) is 0. The van der Waals surface area contributed by atoms with Crippen LogP contribution in [0, 0.1) is 5.82 Å². The normalized spacial score (nSPS) is 10.4. The fraction of sp³-hybridized carbons (Fsp3) is 0.188. The Bertz CT molecular complexity index is 660. The molecule has 0 atom stereocenters.